The number of aryl methyl sites for hydroxylation is 1. The molecule has 1 aliphatic rings. The van der Waals surface area contributed by atoms with E-state index in [-0.39, 0.29) is 11.9 Å². The van der Waals surface area contributed by atoms with Crippen LogP contribution < -0.4 is 5.32 Å². The Morgan fingerprint density at radius 1 is 1.42 bits per heavy atom. The fraction of sp³-hybridized carbons (Fsp3) is 0.737. The van der Waals surface area contributed by atoms with Gasteiger partial charge in [0.1, 0.15) is 16.7 Å². The molecule has 1 aromatic heterocycles. The molecular weight excluding hydrogens is 350 g/mol. The van der Waals surface area contributed by atoms with Gasteiger partial charge in [0, 0.05) is 17.6 Å². The van der Waals surface area contributed by atoms with Crippen LogP contribution in [0.1, 0.15) is 70.6 Å². The molecule has 2 heterocycles. The molecule has 2 unspecified atom stereocenters. The molecule has 1 aromatic rings. The Labute approximate surface area is 160 Å². The largest absolute Gasteiger partial charge is 0.444 e. The first-order valence-corrected chi connectivity index (χ1v) is 10.2. The van der Waals surface area contributed by atoms with Crippen molar-refractivity contribution in [1.82, 2.24) is 15.2 Å². The summed E-state index contributed by atoms with van der Waals surface area (Å²) < 4.78 is 5.46. The van der Waals surface area contributed by atoms with Gasteiger partial charge in [0.2, 0.25) is 5.91 Å². The maximum atomic E-state index is 12.9. The molecule has 2 amide bonds. The van der Waals surface area contributed by atoms with Gasteiger partial charge < -0.3 is 10.1 Å². The van der Waals surface area contributed by atoms with E-state index in [1.54, 1.807) is 16.2 Å². The number of nitrogens with one attached hydrogen (secondary N) is 1. The van der Waals surface area contributed by atoms with Crippen LogP contribution in [0.3, 0.4) is 0 Å². The van der Waals surface area contributed by atoms with Gasteiger partial charge >= 0.3 is 6.09 Å². The fourth-order valence-electron chi connectivity index (χ4n) is 3.07. The number of hydrogen-bond donors (Lipinski definition) is 1. The van der Waals surface area contributed by atoms with Crippen molar-refractivity contribution in [2.45, 2.75) is 78.5 Å². The van der Waals surface area contributed by atoms with Crippen molar-refractivity contribution in [3.05, 3.63) is 16.1 Å². The summed E-state index contributed by atoms with van der Waals surface area (Å²) in [5.41, 5.74) is 0.392. The smallest absolute Gasteiger partial charge is 0.410 e. The van der Waals surface area contributed by atoms with Gasteiger partial charge in [-0.1, -0.05) is 13.8 Å². The number of carbonyl (C=O) groups excluding carboxylic acids is 2. The summed E-state index contributed by atoms with van der Waals surface area (Å²) in [6.45, 7) is 12.3. The van der Waals surface area contributed by atoms with Crippen LogP contribution >= 0.6 is 11.3 Å². The fourth-order valence-corrected chi connectivity index (χ4v) is 3.93. The Hall–Kier alpha value is -1.63. The van der Waals surface area contributed by atoms with Crippen LogP contribution in [0, 0.1) is 12.8 Å². The van der Waals surface area contributed by atoms with Gasteiger partial charge in [-0.25, -0.2) is 9.78 Å². The summed E-state index contributed by atoms with van der Waals surface area (Å²) in [6, 6.07) is -0.595. The first kappa shape index (κ1) is 20.7. The predicted molar refractivity (Wildman–Crippen MR) is 103 cm³/mol. The minimum absolute atomic E-state index is 0.119. The Bertz CT molecular complexity index is 636. The molecule has 1 N–H and O–H groups in total. The SMILES string of the molecule is Cc1csc(C(CC(C)C)NC(=O)C2CCCN2C(=O)OC(C)(C)C)n1. The Morgan fingerprint density at radius 2 is 2.12 bits per heavy atom. The standard InChI is InChI=1S/C19H31N3O3S/c1-12(2)10-14(17-20-13(3)11-26-17)21-16(23)15-8-7-9-22(15)18(24)25-19(4,5)6/h11-12,14-15H,7-10H2,1-6H3,(H,21,23). The lowest BCUT2D eigenvalue weighted by molar-refractivity contribution is -0.126. The number of likely N-dealkylation sites (tertiary alicyclic amines) is 1. The summed E-state index contributed by atoms with van der Waals surface area (Å²) in [5.74, 6) is 0.307. The number of ether oxygens (including phenoxy) is 1. The van der Waals surface area contributed by atoms with Crippen LogP contribution in [0.2, 0.25) is 0 Å². The van der Waals surface area contributed by atoms with Crippen LogP contribution in [0.25, 0.3) is 0 Å². The van der Waals surface area contributed by atoms with Gasteiger partial charge in [0.05, 0.1) is 6.04 Å². The van der Waals surface area contributed by atoms with E-state index >= 15 is 0 Å². The number of nitrogens with zero attached hydrogens (tertiary/aromatic N) is 2. The van der Waals surface area contributed by atoms with Crippen molar-refractivity contribution in [2.75, 3.05) is 6.54 Å². The topological polar surface area (TPSA) is 71.5 Å². The molecule has 146 valence electrons. The van der Waals surface area contributed by atoms with Crippen molar-refractivity contribution in [2.24, 2.45) is 5.92 Å². The quantitative estimate of drug-likeness (QED) is 0.835. The highest BCUT2D eigenvalue weighted by atomic mass is 32.1. The highest BCUT2D eigenvalue weighted by molar-refractivity contribution is 7.09. The summed E-state index contributed by atoms with van der Waals surface area (Å²) in [7, 11) is 0. The minimum atomic E-state index is -0.570. The number of amides is 2. The summed E-state index contributed by atoms with van der Waals surface area (Å²) in [6.07, 6.45) is 1.87. The molecule has 2 rings (SSSR count). The number of thiazole rings is 1. The lowest BCUT2D eigenvalue weighted by Crippen LogP contribution is -2.48. The summed E-state index contributed by atoms with van der Waals surface area (Å²) in [5, 5.41) is 6.05. The zero-order valence-corrected chi connectivity index (χ0v) is 17.5. The molecular formula is C19H31N3O3S. The number of carbonyl (C=O) groups is 2. The van der Waals surface area contributed by atoms with Crippen LogP contribution in [-0.2, 0) is 9.53 Å². The van der Waals surface area contributed by atoms with E-state index in [1.807, 2.05) is 33.1 Å². The molecule has 7 heteroatoms. The maximum Gasteiger partial charge on any atom is 0.410 e. The predicted octanol–water partition coefficient (Wildman–Crippen LogP) is 4.05. The first-order valence-electron chi connectivity index (χ1n) is 9.29. The minimum Gasteiger partial charge on any atom is -0.444 e. The molecule has 0 saturated carbocycles. The molecule has 0 aliphatic carbocycles. The van der Waals surface area contributed by atoms with Crippen molar-refractivity contribution >= 4 is 23.3 Å². The van der Waals surface area contributed by atoms with Crippen LogP contribution in [-0.4, -0.2) is 40.1 Å². The van der Waals surface area contributed by atoms with Crippen LogP contribution in [0.5, 0.6) is 0 Å². The zero-order chi connectivity index (χ0) is 19.5. The van der Waals surface area contributed by atoms with E-state index in [9.17, 15) is 9.59 Å². The Balaban J connectivity index is 2.08. The van der Waals surface area contributed by atoms with Crippen LogP contribution in [0.15, 0.2) is 5.38 Å². The third kappa shape index (κ3) is 5.69. The van der Waals surface area contributed by atoms with Gasteiger partial charge in [-0.15, -0.1) is 11.3 Å². The Morgan fingerprint density at radius 3 is 2.65 bits per heavy atom. The first-order chi connectivity index (χ1) is 12.1. The van der Waals surface area contributed by atoms with Gasteiger partial charge in [0.25, 0.3) is 0 Å². The Kier molecular flexibility index (Phi) is 6.66. The summed E-state index contributed by atoms with van der Waals surface area (Å²) in [4.78, 5) is 31.4. The lowest BCUT2D eigenvalue weighted by atomic mass is 10.0. The van der Waals surface area contributed by atoms with E-state index in [2.05, 4.69) is 24.1 Å². The van der Waals surface area contributed by atoms with Gasteiger partial charge in [0.15, 0.2) is 0 Å². The van der Waals surface area contributed by atoms with Crippen molar-refractivity contribution in [1.29, 1.82) is 0 Å². The molecule has 26 heavy (non-hydrogen) atoms. The monoisotopic (exact) mass is 381 g/mol. The number of aromatic nitrogens is 1. The maximum absolute atomic E-state index is 12.9. The van der Waals surface area contributed by atoms with E-state index in [1.165, 1.54) is 0 Å². The second-order valence-corrected chi connectivity index (χ2v) is 9.24. The van der Waals surface area contributed by atoms with E-state index < -0.39 is 17.7 Å². The molecule has 0 radical (unpaired) electrons. The third-order valence-corrected chi connectivity index (χ3v) is 5.22. The van der Waals surface area contributed by atoms with Crippen molar-refractivity contribution in [3.8, 4) is 0 Å². The number of hydrogen-bond acceptors (Lipinski definition) is 5. The average molecular weight is 382 g/mol. The van der Waals surface area contributed by atoms with Gasteiger partial charge in [-0.3, -0.25) is 9.69 Å². The van der Waals surface area contributed by atoms with E-state index in [0.29, 0.717) is 18.9 Å². The average Bonchev–Trinajstić information content (AvgIpc) is 3.12. The molecule has 0 aromatic carbocycles. The highest BCUT2D eigenvalue weighted by Gasteiger charge is 2.37. The second kappa shape index (κ2) is 8.37. The molecule has 1 fully saturated rings. The van der Waals surface area contributed by atoms with Gasteiger partial charge in [-0.05, 0) is 52.9 Å². The van der Waals surface area contributed by atoms with Crippen LogP contribution in [0.4, 0.5) is 4.79 Å². The van der Waals surface area contributed by atoms with E-state index in [4.69, 9.17) is 4.74 Å². The third-order valence-electron chi connectivity index (χ3n) is 4.14. The van der Waals surface area contributed by atoms with Crippen molar-refractivity contribution < 1.29 is 14.3 Å². The zero-order valence-electron chi connectivity index (χ0n) is 16.7. The number of rotatable bonds is 5. The normalized spacial score (nSPS) is 18.9. The lowest BCUT2D eigenvalue weighted by Gasteiger charge is -2.29. The molecule has 6 nitrogen and oxygen atoms in total. The van der Waals surface area contributed by atoms with Crippen molar-refractivity contribution in [3.63, 3.8) is 0 Å². The molecule has 1 aliphatic heterocycles. The summed E-state index contributed by atoms with van der Waals surface area (Å²) >= 11 is 1.57. The second-order valence-electron chi connectivity index (χ2n) is 8.35. The molecule has 0 bridgehead atoms. The molecule has 2 atom stereocenters. The van der Waals surface area contributed by atoms with Gasteiger partial charge in [-0.2, -0.15) is 0 Å². The molecule has 0 spiro atoms. The van der Waals surface area contributed by atoms with E-state index in [0.717, 1.165) is 23.5 Å². The molecule has 1 saturated heterocycles. The highest BCUT2D eigenvalue weighted by Crippen LogP contribution is 2.26.